The zero-order valence-electron chi connectivity index (χ0n) is 7.90. The second kappa shape index (κ2) is 4.37. The van der Waals surface area contributed by atoms with Crippen molar-refractivity contribution in [2.45, 2.75) is 24.2 Å². The minimum absolute atomic E-state index is 0.0148. The molecule has 0 aliphatic rings. The van der Waals surface area contributed by atoms with Crippen molar-refractivity contribution >= 4 is 24.3 Å². The van der Waals surface area contributed by atoms with Crippen LogP contribution in [-0.4, -0.2) is 11.1 Å². The molecule has 76 valence electrons. The number of benzene rings is 1. The third-order valence-corrected chi connectivity index (χ3v) is 2.49. The third kappa shape index (κ3) is 2.67. The first-order chi connectivity index (χ1) is 6.50. The maximum atomic E-state index is 10.5. The van der Waals surface area contributed by atoms with E-state index < -0.39 is 5.97 Å². The second-order valence-electron chi connectivity index (χ2n) is 3.32. The fourth-order valence-corrected chi connectivity index (χ4v) is 1.47. The number of hydrogen-bond acceptors (Lipinski definition) is 3. The minimum Gasteiger partial charge on any atom is -0.481 e. The van der Waals surface area contributed by atoms with Gasteiger partial charge in [0.1, 0.15) is 0 Å². The molecule has 0 saturated carbocycles. The Bertz CT molecular complexity index is 352. The largest absolute Gasteiger partial charge is 0.481 e. The van der Waals surface area contributed by atoms with Crippen molar-refractivity contribution < 1.29 is 9.90 Å². The Morgan fingerprint density at radius 1 is 1.64 bits per heavy atom. The maximum Gasteiger partial charge on any atom is 0.303 e. The summed E-state index contributed by atoms with van der Waals surface area (Å²) in [6.07, 6.45) is 0.122. The van der Waals surface area contributed by atoms with Crippen LogP contribution in [0.2, 0.25) is 0 Å². The van der Waals surface area contributed by atoms with E-state index in [2.05, 4.69) is 12.6 Å². The van der Waals surface area contributed by atoms with Gasteiger partial charge in [0, 0.05) is 10.6 Å². The zero-order chi connectivity index (χ0) is 10.7. The molecule has 1 unspecified atom stereocenters. The predicted octanol–water partition coefficient (Wildman–Crippen LogP) is 2.14. The average molecular weight is 211 g/mol. The van der Waals surface area contributed by atoms with Crippen LogP contribution < -0.4 is 5.73 Å². The number of carbonyl (C=O) groups is 1. The van der Waals surface area contributed by atoms with Crippen LogP contribution in [-0.2, 0) is 4.79 Å². The lowest BCUT2D eigenvalue weighted by atomic mass is 9.98. The highest BCUT2D eigenvalue weighted by Gasteiger charge is 2.10. The van der Waals surface area contributed by atoms with E-state index in [1.807, 2.05) is 19.1 Å². The minimum atomic E-state index is -0.796. The van der Waals surface area contributed by atoms with Crippen LogP contribution in [0.5, 0.6) is 0 Å². The fraction of sp³-hybridized carbons (Fsp3) is 0.300. The van der Waals surface area contributed by atoms with E-state index in [4.69, 9.17) is 10.8 Å². The Hall–Kier alpha value is -1.16. The summed E-state index contributed by atoms with van der Waals surface area (Å²) >= 11 is 4.18. The van der Waals surface area contributed by atoms with Gasteiger partial charge in [0.15, 0.2) is 0 Å². The molecule has 0 aromatic heterocycles. The van der Waals surface area contributed by atoms with Gasteiger partial charge < -0.3 is 10.8 Å². The third-order valence-electron chi connectivity index (χ3n) is 2.10. The van der Waals surface area contributed by atoms with E-state index in [9.17, 15) is 4.79 Å². The quantitative estimate of drug-likeness (QED) is 0.530. The first-order valence-corrected chi connectivity index (χ1v) is 4.75. The van der Waals surface area contributed by atoms with Crippen LogP contribution in [0.1, 0.15) is 24.8 Å². The fourth-order valence-electron chi connectivity index (χ4n) is 1.25. The van der Waals surface area contributed by atoms with Gasteiger partial charge in [-0.3, -0.25) is 4.79 Å². The van der Waals surface area contributed by atoms with Gasteiger partial charge in [-0.15, -0.1) is 12.6 Å². The Balaban J connectivity index is 2.85. The molecule has 0 amide bonds. The van der Waals surface area contributed by atoms with Crippen LogP contribution in [0.15, 0.2) is 23.1 Å². The number of anilines is 1. The highest BCUT2D eigenvalue weighted by molar-refractivity contribution is 7.80. The first-order valence-electron chi connectivity index (χ1n) is 4.31. The van der Waals surface area contributed by atoms with E-state index >= 15 is 0 Å². The van der Waals surface area contributed by atoms with Crippen LogP contribution in [0.25, 0.3) is 0 Å². The lowest BCUT2D eigenvalue weighted by Crippen LogP contribution is -2.03. The van der Waals surface area contributed by atoms with Gasteiger partial charge >= 0.3 is 5.97 Å². The molecule has 0 aliphatic heterocycles. The number of nitrogens with two attached hydrogens (primary N) is 1. The van der Waals surface area contributed by atoms with Gasteiger partial charge in [-0.1, -0.05) is 13.0 Å². The summed E-state index contributed by atoms with van der Waals surface area (Å²) in [5, 5.41) is 8.63. The molecular formula is C10H13NO2S. The van der Waals surface area contributed by atoms with E-state index in [0.717, 1.165) is 5.56 Å². The predicted molar refractivity (Wildman–Crippen MR) is 58.8 cm³/mol. The summed E-state index contributed by atoms with van der Waals surface area (Å²) in [7, 11) is 0. The molecule has 0 spiro atoms. The summed E-state index contributed by atoms with van der Waals surface area (Å²) in [6, 6.07) is 5.39. The molecule has 0 fully saturated rings. The van der Waals surface area contributed by atoms with Gasteiger partial charge in [0.2, 0.25) is 0 Å². The van der Waals surface area contributed by atoms with E-state index in [0.29, 0.717) is 10.6 Å². The number of hydrogen-bond donors (Lipinski definition) is 3. The number of aliphatic carboxylic acids is 1. The van der Waals surface area contributed by atoms with Gasteiger partial charge in [-0.25, -0.2) is 0 Å². The summed E-state index contributed by atoms with van der Waals surface area (Å²) in [5.41, 5.74) is 7.16. The summed E-state index contributed by atoms with van der Waals surface area (Å²) < 4.78 is 0. The molecule has 0 aliphatic carbocycles. The molecule has 0 heterocycles. The lowest BCUT2D eigenvalue weighted by Gasteiger charge is -2.10. The molecule has 1 rings (SSSR count). The summed E-state index contributed by atoms with van der Waals surface area (Å²) in [4.78, 5) is 11.2. The number of thiol groups is 1. The lowest BCUT2D eigenvalue weighted by molar-refractivity contribution is -0.137. The van der Waals surface area contributed by atoms with Crippen LogP contribution in [0.4, 0.5) is 5.69 Å². The topological polar surface area (TPSA) is 63.3 Å². The SMILES string of the molecule is CC(CC(=O)O)c1ccc(N)c(S)c1. The van der Waals surface area contributed by atoms with Crippen molar-refractivity contribution in [1.29, 1.82) is 0 Å². The van der Waals surface area contributed by atoms with E-state index in [-0.39, 0.29) is 12.3 Å². The number of rotatable bonds is 3. The molecule has 4 heteroatoms. The molecule has 0 saturated heterocycles. The van der Waals surface area contributed by atoms with Crippen molar-refractivity contribution in [3.63, 3.8) is 0 Å². The second-order valence-corrected chi connectivity index (χ2v) is 3.80. The van der Waals surface area contributed by atoms with Crippen molar-refractivity contribution in [3.05, 3.63) is 23.8 Å². The van der Waals surface area contributed by atoms with Crippen molar-refractivity contribution in [2.24, 2.45) is 0 Å². The smallest absolute Gasteiger partial charge is 0.303 e. The van der Waals surface area contributed by atoms with E-state index in [1.165, 1.54) is 0 Å². The molecule has 14 heavy (non-hydrogen) atoms. The van der Waals surface area contributed by atoms with Crippen molar-refractivity contribution in [2.75, 3.05) is 5.73 Å². The van der Waals surface area contributed by atoms with Gasteiger partial charge in [-0.2, -0.15) is 0 Å². The van der Waals surface area contributed by atoms with Gasteiger partial charge in [-0.05, 0) is 23.6 Å². The number of nitrogen functional groups attached to an aromatic ring is 1. The van der Waals surface area contributed by atoms with Crippen LogP contribution >= 0.6 is 12.6 Å². The van der Waals surface area contributed by atoms with Gasteiger partial charge in [0.05, 0.1) is 6.42 Å². The van der Waals surface area contributed by atoms with Crippen molar-refractivity contribution in [3.8, 4) is 0 Å². The molecule has 1 atom stereocenters. The van der Waals surface area contributed by atoms with Crippen molar-refractivity contribution in [1.82, 2.24) is 0 Å². The molecule has 3 N–H and O–H groups in total. The number of carboxylic acids is 1. The highest BCUT2D eigenvalue weighted by atomic mass is 32.1. The average Bonchev–Trinajstić information content (AvgIpc) is 2.08. The monoisotopic (exact) mass is 211 g/mol. The molecule has 3 nitrogen and oxygen atoms in total. The summed E-state index contributed by atoms with van der Waals surface area (Å²) in [5.74, 6) is -0.811. The Morgan fingerprint density at radius 2 is 2.29 bits per heavy atom. The summed E-state index contributed by atoms with van der Waals surface area (Å²) in [6.45, 7) is 1.87. The molecule has 0 radical (unpaired) electrons. The number of carboxylic acid groups (broad SMARTS) is 1. The normalized spacial score (nSPS) is 12.4. The standard InChI is InChI=1S/C10H13NO2S/c1-6(4-10(12)13)7-2-3-8(11)9(14)5-7/h2-3,5-6,14H,4,11H2,1H3,(H,12,13). The first kappa shape index (κ1) is 10.9. The van der Waals surface area contributed by atoms with E-state index in [1.54, 1.807) is 6.07 Å². The Morgan fingerprint density at radius 3 is 2.79 bits per heavy atom. The maximum absolute atomic E-state index is 10.5. The van der Waals surface area contributed by atoms with Crippen LogP contribution in [0, 0.1) is 0 Å². The Labute approximate surface area is 88.3 Å². The van der Waals surface area contributed by atoms with Crippen LogP contribution in [0.3, 0.4) is 0 Å². The Kier molecular flexibility index (Phi) is 3.41. The molecular weight excluding hydrogens is 198 g/mol. The highest BCUT2D eigenvalue weighted by Crippen LogP contribution is 2.25. The zero-order valence-corrected chi connectivity index (χ0v) is 8.79. The molecule has 1 aromatic rings. The van der Waals surface area contributed by atoms with Gasteiger partial charge in [0.25, 0.3) is 0 Å². The molecule has 1 aromatic carbocycles. The molecule has 0 bridgehead atoms.